The third-order valence-electron chi connectivity index (χ3n) is 2.51. The summed E-state index contributed by atoms with van der Waals surface area (Å²) in [6, 6.07) is 0. The van der Waals surface area contributed by atoms with Crippen LogP contribution in [0.5, 0.6) is 0 Å². The SMILES string of the molecule is COCO[C@@H]1C(=O)C[C@H]2C[C@H]21. The first kappa shape index (κ1) is 7.25. The molecule has 0 unspecified atom stereocenters. The molecule has 0 spiro atoms. The summed E-state index contributed by atoms with van der Waals surface area (Å²) in [6.45, 7) is 0.250. The van der Waals surface area contributed by atoms with Crippen molar-refractivity contribution < 1.29 is 14.3 Å². The van der Waals surface area contributed by atoms with Gasteiger partial charge in [-0.3, -0.25) is 4.79 Å². The van der Waals surface area contributed by atoms with Crippen LogP contribution >= 0.6 is 0 Å². The normalized spacial score (nSPS) is 40.8. The van der Waals surface area contributed by atoms with Crippen LogP contribution in [0.2, 0.25) is 0 Å². The van der Waals surface area contributed by atoms with E-state index in [1.807, 2.05) is 0 Å². The van der Waals surface area contributed by atoms with Crippen molar-refractivity contribution in [3.63, 3.8) is 0 Å². The van der Waals surface area contributed by atoms with Gasteiger partial charge in [-0.15, -0.1) is 0 Å². The number of ether oxygens (including phenoxy) is 2. The van der Waals surface area contributed by atoms with Crippen LogP contribution in [0.25, 0.3) is 0 Å². The summed E-state index contributed by atoms with van der Waals surface area (Å²) >= 11 is 0. The Labute approximate surface area is 65.7 Å². The summed E-state index contributed by atoms with van der Waals surface area (Å²) in [6.07, 6.45) is 1.78. The van der Waals surface area contributed by atoms with Gasteiger partial charge >= 0.3 is 0 Å². The Morgan fingerprint density at radius 2 is 2.45 bits per heavy atom. The first-order valence-corrected chi connectivity index (χ1v) is 3.96. The molecular formula is C8H12O3. The standard InChI is InChI=1S/C8H12O3/c1-10-4-11-8-6-2-5(6)3-7(8)9/h5-6,8H,2-4H2,1H3/t5-,6-,8+/m1/s1. The summed E-state index contributed by atoms with van der Waals surface area (Å²) in [4.78, 5) is 11.1. The molecule has 2 aliphatic carbocycles. The van der Waals surface area contributed by atoms with E-state index in [0.29, 0.717) is 11.8 Å². The number of rotatable bonds is 3. The number of fused-ring (bicyclic) bond motifs is 1. The molecule has 11 heavy (non-hydrogen) atoms. The lowest BCUT2D eigenvalue weighted by Gasteiger charge is -2.10. The fraction of sp³-hybridized carbons (Fsp3) is 0.875. The first-order chi connectivity index (χ1) is 5.33. The molecule has 0 saturated heterocycles. The summed E-state index contributed by atoms with van der Waals surface area (Å²) in [5, 5.41) is 0. The van der Waals surface area contributed by atoms with Gasteiger partial charge in [0.05, 0.1) is 0 Å². The maximum Gasteiger partial charge on any atom is 0.162 e. The van der Waals surface area contributed by atoms with Gasteiger partial charge < -0.3 is 9.47 Å². The molecule has 0 N–H and O–H groups in total. The van der Waals surface area contributed by atoms with Crippen LogP contribution in [-0.2, 0) is 14.3 Å². The van der Waals surface area contributed by atoms with Crippen molar-refractivity contribution in [3.05, 3.63) is 0 Å². The van der Waals surface area contributed by atoms with Crippen molar-refractivity contribution >= 4 is 5.78 Å². The number of hydrogen-bond donors (Lipinski definition) is 0. The van der Waals surface area contributed by atoms with Crippen LogP contribution in [0.4, 0.5) is 0 Å². The van der Waals surface area contributed by atoms with E-state index >= 15 is 0 Å². The van der Waals surface area contributed by atoms with E-state index in [1.54, 1.807) is 7.11 Å². The Balaban J connectivity index is 1.86. The van der Waals surface area contributed by atoms with Gasteiger partial charge in [-0.25, -0.2) is 0 Å². The lowest BCUT2D eigenvalue weighted by Crippen LogP contribution is -2.22. The maximum absolute atomic E-state index is 11.1. The summed E-state index contributed by atoms with van der Waals surface area (Å²) in [5.41, 5.74) is 0. The van der Waals surface area contributed by atoms with Crippen LogP contribution < -0.4 is 0 Å². The molecule has 0 aliphatic heterocycles. The Hall–Kier alpha value is -0.410. The van der Waals surface area contributed by atoms with E-state index in [9.17, 15) is 4.79 Å². The zero-order chi connectivity index (χ0) is 7.84. The topological polar surface area (TPSA) is 35.5 Å². The second-order valence-electron chi connectivity index (χ2n) is 3.32. The second kappa shape index (κ2) is 2.57. The number of methoxy groups -OCH3 is 1. The van der Waals surface area contributed by atoms with Crippen molar-refractivity contribution in [2.24, 2.45) is 11.8 Å². The van der Waals surface area contributed by atoms with Crippen LogP contribution in [0.3, 0.4) is 0 Å². The van der Waals surface area contributed by atoms with E-state index in [4.69, 9.17) is 9.47 Å². The molecule has 3 atom stereocenters. The van der Waals surface area contributed by atoms with Gasteiger partial charge in [-0.05, 0) is 18.3 Å². The molecule has 2 aliphatic rings. The minimum absolute atomic E-state index is 0.139. The summed E-state index contributed by atoms with van der Waals surface area (Å²) in [5.74, 6) is 1.44. The minimum Gasteiger partial charge on any atom is -0.359 e. The third kappa shape index (κ3) is 1.19. The van der Waals surface area contributed by atoms with Crippen LogP contribution in [-0.4, -0.2) is 25.8 Å². The number of hydrogen-bond acceptors (Lipinski definition) is 3. The molecule has 62 valence electrons. The van der Waals surface area contributed by atoms with E-state index < -0.39 is 0 Å². The Bertz CT molecular complexity index is 178. The molecule has 2 rings (SSSR count). The fourth-order valence-electron chi connectivity index (χ4n) is 1.85. The van der Waals surface area contributed by atoms with Crippen molar-refractivity contribution in [2.75, 3.05) is 13.9 Å². The van der Waals surface area contributed by atoms with E-state index in [0.717, 1.165) is 6.42 Å². The lowest BCUT2D eigenvalue weighted by molar-refractivity contribution is -0.138. The third-order valence-corrected chi connectivity index (χ3v) is 2.51. The van der Waals surface area contributed by atoms with Crippen molar-refractivity contribution in [2.45, 2.75) is 18.9 Å². The zero-order valence-electron chi connectivity index (χ0n) is 6.58. The van der Waals surface area contributed by atoms with Gasteiger partial charge in [0.1, 0.15) is 12.9 Å². The van der Waals surface area contributed by atoms with E-state index in [-0.39, 0.29) is 18.7 Å². The molecule has 0 radical (unpaired) electrons. The highest BCUT2D eigenvalue weighted by atomic mass is 16.7. The van der Waals surface area contributed by atoms with Gasteiger partial charge in [0, 0.05) is 13.5 Å². The number of carbonyl (C=O) groups is 1. The average molecular weight is 156 g/mol. The highest BCUT2D eigenvalue weighted by Crippen LogP contribution is 2.51. The summed E-state index contributed by atoms with van der Waals surface area (Å²) < 4.78 is 9.99. The molecule has 0 aromatic heterocycles. The molecule has 2 fully saturated rings. The van der Waals surface area contributed by atoms with Gasteiger partial charge in [0.2, 0.25) is 0 Å². The van der Waals surface area contributed by atoms with Crippen LogP contribution in [0, 0.1) is 11.8 Å². The molecule has 0 heterocycles. The first-order valence-electron chi connectivity index (χ1n) is 3.96. The van der Waals surface area contributed by atoms with Crippen molar-refractivity contribution in [1.82, 2.24) is 0 Å². The van der Waals surface area contributed by atoms with Crippen LogP contribution in [0.15, 0.2) is 0 Å². The maximum atomic E-state index is 11.1. The Morgan fingerprint density at radius 1 is 1.64 bits per heavy atom. The summed E-state index contributed by atoms with van der Waals surface area (Å²) in [7, 11) is 1.57. The van der Waals surface area contributed by atoms with Gasteiger partial charge in [-0.2, -0.15) is 0 Å². The van der Waals surface area contributed by atoms with Gasteiger partial charge in [0.25, 0.3) is 0 Å². The Kier molecular flexibility index (Phi) is 1.69. The molecule has 0 bridgehead atoms. The minimum atomic E-state index is -0.139. The predicted octanol–water partition coefficient (Wildman–Crippen LogP) is 0.584. The molecular weight excluding hydrogens is 144 g/mol. The fourth-order valence-corrected chi connectivity index (χ4v) is 1.85. The highest BCUT2D eigenvalue weighted by molar-refractivity contribution is 5.87. The molecule has 0 aromatic carbocycles. The number of ketones is 1. The lowest BCUT2D eigenvalue weighted by atomic mass is 10.2. The molecule has 0 amide bonds. The molecule has 2 saturated carbocycles. The van der Waals surface area contributed by atoms with Crippen LogP contribution in [0.1, 0.15) is 12.8 Å². The molecule has 0 aromatic rings. The highest BCUT2D eigenvalue weighted by Gasteiger charge is 2.53. The van der Waals surface area contributed by atoms with Crippen molar-refractivity contribution in [1.29, 1.82) is 0 Å². The van der Waals surface area contributed by atoms with Crippen molar-refractivity contribution in [3.8, 4) is 0 Å². The predicted molar refractivity (Wildman–Crippen MR) is 38.0 cm³/mol. The van der Waals surface area contributed by atoms with Gasteiger partial charge in [0.15, 0.2) is 5.78 Å². The number of Topliss-reactive ketones (excluding diaryl/α,β-unsaturated/α-hetero) is 1. The smallest absolute Gasteiger partial charge is 0.162 e. The average Bonchev–Trinajstić information content (AvgIpc) is 2.64. The monoisotopic (exact) mass is 156 g/mol. The molecule has 3 nitrogen and oxygen atoms in total. The van der Waals surface area contributed by atoms with E-state index in [2.05, 4.69) is 0 Å². The molecule has 3 heteroatoms. The van der Waals surface area contributed by atoms with Gasteiger partial charge in [-0.1, -0.05) is 0 Å². The second-order valence-corrected chi connectivity index (χ2v) is 3.32. The van der Waals surface area contributed by atoms with E-state index in [1.165, 1.54) is 6.42 Å². The quantitative estimate of drug-likeness (QED) is 0.561. The number of carbonyl (C=O) groups excluding carboxylic acids is 1. The zero-order valence-corrected chi connectivity index (χ0v) is 6.58. The Morgan fingerprint density at radius 3 is 3.00 bits per heavy atom. The largest absolute Gasteiger partial charge is 0.359 e.